The van der Waals surface area contributed by atoms with Crippen LogP contribution in [0.3, 0.4) is 0 Å². The molecular weight excluding hydrogens is 450 g/mol. The van der Waals surface area contributed by atoms with Crippen molar-refractivity contribution in [1.29, 1.82) is 0 Å². The summed E-state index contributed by atoms with van der Waals surface area (Å²) in [4.78, 5) is 27.4. The molecule has 9 nitrogen and oxygen atoms in total. The highest BCUT2D eigenvalue weighted by Crippen LogP contribution is 2.32. The van der Waals surface area contributed by atoms with Gasteiger partial charge in [0.1, 0.15) is 5.60 Å². The van der Waals surface area contributed by atoms with Crippen molar-refractivity contribution in [3.8, 4) is 11.5 Å². The number of ether oxygens (including phenoxy) is 4. The highest BCUT2D eigenvalue weighted by atomic mass is 16.6. The minimum absolute atomic E-state index is 0.0780. The summed E-state index contributed by atoms with van der Waals surface area (Å²) in [6, 6.07) is 12.5. The Morgan fingerprint density at radius 1 is 1.03 bits per heavy atom. The molecule has 1 atom stereocenters. The second-order valence-electron chi connectivity index (χ2n) is 9.20. The first kappa shape index (κ1) is 26.3. The fourth-order valence-corrected chi connectivity index (χ4v) is 3.86. The van der Waals surface area contributed by atoms with Crippen LogP contribution in [0.5, 0.6) is 11.5 Å². The minimum atomic E-state index is -0.613. The number of methoxy groups -OCH3 is 2. The van der Waals surface area contributed by atoms with Gasteiger partial charge in [-0.3, -0.25) is 15.0 Å². The SMILES string of the molecule is COc1ccc(C(CNC(=O)c2cccc(NC(=O)OC(C)(C)C)c2)N2CCOCC2)cc1OC. The van der Waals surface area contributed by atoms with E-state index in [1.54, 1.807) is 59.3 Å². The number of carbonyl (C=O) groups excluding carboxylic acids is 2. The van der Waals surface area contributed by atoms with Crippen LogP contribution in [0, 0.1) is 0 Å². The van der Waals surface area contributed by atoms with Crippen LogP contribution in [-0.2, 0) is 9.47 Å². The third-order valence-corrected chi connectivity index (χ3v) is 5.50. The van der Waals surface area contributed by atoms with Crippen LogP contribution in [-0.4, -0.2) is 69.6 Å². The van der Waals surface area contributed by atoms with E-state index in [1.807, 2.05) is 18.2 Å². The molecule has 1 unspecified atom stereocenters. The summed E-state index contributed by atoms with van der Waals surface area (Å²) in [5.41, 5.74) is 1.31. The monoisotopic (exact) mass is 485 g/mol. The minimum Gasteiger partial charge on any atom is -0.493 e. The second-order valence-corrected chi connectivity index (χ2v) is 9.20. The number of hydrogen-bond donors (Lipinski definition) is 2. The van der Waals surface area contributed by atoms with Gasteiger partial charge in [-0.15, -0.1) is 0 Å². The predicted octanol–water partition coefficient (Wildman–Crippen LogP) is 3.85. The molecule has 0 spiro atoms. The van der Waals surface area contributed by atoms with Gasteiger partial charge in [0, 0.05) is 30.9 Å². The first-order valence-electron chi connectivity index (χ1n) is 11.6. The number of rotatable bonds is 8. The maximum Gasteiger partial charge on any atom is 0.412 e. The molecule has 9 heteroatoms. The van der Waals surface area contributed by atoms with Crippen LogP contribution in [0.15, 0.2) is 42.5 Å². The lowest BCUT2D eigenvalue weighted by atomic mass is 10.0. The summed E-state index contributed by atoms with van der Waals surface area (Å²) in [5, 5.41) is 5.71. The molecule has 1 fully saturated rings. The van der Waals surface area contributed by atoms with Crippen LogP contribution in [0.2, 0.25) is 0 Å². The number of morpholine rings is 1. The van der Waals surface area contributed by atoms with Crippen molar-refractivity contribution in [1.82, 2.24) is 10.2 Å². The fourth-order valence-electron chi connectivity index (χ4n) is 3.86. The van der Waals surface area contributed by atoms with E-state index in [0.717, 1.165) is 18.7 Å². The molecule has 0 saturated carbocycles. The van der Waals surface area contributed by atoms with E-state index in [9.17, 15) is 9.59 Å². The lowest BCUT2D eigenvalue weighted by Gasteiger charge is -2.35. The molecule has 1 heterocycles. The van der Waals surface area contributed by atoms with Gasteiger partial charge in [-0.05, 0) is 56.7 Å². The highest BCUT2D eigenvalue weighted by molar-refractivity contribution is 5.96. The zero-order valence-corrected chi connectivity index (χ0v) is 21.1. The largest absolute Gasteiger partial charge is 0.493 e. The normalized spacial score (nSPS) is 15.1. The molecule has 0 aliphatic carbocycles. The summed E-state index contributed by atoms with van der Waals surface area (Å²) in [5.74, 6) is 1.04. The summed E-state index contributed by atoms with van der Waals surface area (Å²) in [6.45, 7) is 8.54. The van der Waals surface area contributed by atoms with Crippen LogP contribution in [0.4, 0.5) is 10.5 Å². The molecule has 3 rings (SSSR count). The summed E-state index contributed by atoms with van der Waals surface area (Å²) >= 11 is 0. The van der Waals surface area contributed by atoms with Crippen LogP contribution >= 0.6 is 0 Å². The fraction of sp³-hybridized carbons (Fsp3) is 0.462. The van der Waals surface area contributed by atoms with Gasteiger partial charge in [0.25, 0.3) is 5.91 Å². The topological polar surface area (TPSA) is 98.4 Å². The predicted molar refractivity (Wildman–Crippen MR) is 133 cm³/mol. The van der Waals surface area contributed by atoms with Crippen LogP contribution < -0.4 is 20.1 Å². The number of nitrogens with one attached hydrogen (secondary N) is 2. The molecule has 2 aromatic rings. The molecule has 0 aromatic heterocycles. The molecule has 35 heavy (non-hydrogen) atoms. The van der Waals surface area contributed by atoms with Crippen molar-refractivity contribution in [2.45, 2.75) is 32.4 Å². The second kappa shape index (κ2) is 11.9. The van der Waals surface area contributed by atoms with Gasteiger partial charge >= 0.3 is 6.09 Å². The van der Waals surface area contributed by atoms with E-state index in [-0.39, 0.29) is 11.9 Å². The summed E-state index contributed by atoms with van der Waals surface area (Å²) in [6.07, 6.45) is -0.573. The Bertz CT molecular complexity index is 1010. The number of hydrogen-bond acceptors (Lipinski definition) is 7. The lowest BCUT2D eigenvalue weighted by molar-refractivity contribution is 0.0162. The van der Waals surface area contributed by atoms with Gasteiger partial charge in [0.05, 0.1) is 33.5 Å². The van der Waals surface area contributed by atoms with E-state index in [0.29, 0.717) is 42.5 Å². The van der Waals surface area contributed by atoms with Crippen molar-refractivity contribution in [3.63, 3.8) is 0 Å². The molecule has 2 N–H and O–H groups in total. The van der Waals surface area contributed by atoms with Gasteiger partial charge in [-0.2, -0.15) is 0 Å². The van der Waals surface area contributed by atoms with Gasteiger partial charge in [-0.25, -0.2) is 4.79 Å². The Balaban J connectivity index is 1.73. The van der Waals surface area contributed by atoms with E-state index in [4.69, 9.17) is 18.9 Å². The molecule has 190 valence electrons. The van der Waals surface area contributed by atoms with Crippen molar-refractivity contribution >= 4 is 17.7 Å². The highest BCUT2D eigenvalue weighted by Gasteiger charge is 2.25. The smallest absolute Gasteiger partial charge is 0.412 e. The Labute approximate surface area is 206 Å². The number of benzene rings is 2. The van der Waals surface area contributed by atoms with E-state index in [2.05, 4.69) is 15.5 Å². The van der Waals surface area contributed by atoms with Gasteiger partial charge in [-0.1, -0.05) is 12.1 Å². The van der Waals surface area contributed by atoms with Crippen LogP contribution in [0.25, 0.3) is 0 Å². The first-order chi connectivity index (χ1) is 16.7. The molecular formula is C26H35N3O6. The zero-order chi connectivity index (χ0) is 25.4. The van der Waals surface area contributed by atoms with Crippen molar-refractivity contribution in [3.05, 3.63) is 53.6 Å². The third-order valence-electron chi connectivity index (χ3n) is 5.50. The van der Waals surface area contributed by atoms with Crippen LogP contribution in [0.1, 0.15) is 42.7 Å². The van der Waals surface area contributed by atoms with Gasteiger partial charge in [0.15, 0.2) is 11.5 Å². The number of carbonyl (C=O) groups is 2. The number of nitrogens with zero attached hydrogens (tertiary/aromatic N) is 1. The Morgan fingerprint density at radius 3 is 2.40 bits per heavy atom. The van der Waals surface area contributed by atoms with Crippen molar-refractivity contribution in [2.24, 2.45) is 0 Å². The Kier molecular flexibility index (Phi) is 8.95. The lowest BCUT2D eigenvalue weighted by Crippen LogP contribution is -2.43. The number of amides is 2. The number of anilines is 1. The zero-order valence-electron chi connectivity index (χ0n) is 21.1. The molecule has 1 saturated heterocycles. The van der Waals surface area contributed by atoms with E-state index in [1.165, 1.54) is 0 Å². The Morgan fingerprint density at radius 2 is 1.74 bits per heavy atom. The van der Waals surface area contributed by atoms with Crippen molar-refractivity contribution < 1.29 is 28.5 Å². The maximum absolute atomic E-state index is 13.0. The average Bonchev–Trinajstić information content (AvgIpc) is 2.83. The average molecular weight is 486 g/mol. The molecule has 0 radical (unpaired) electrons. The summed E-state index contributed by atoms with van der Waals surface area (Å²) in [7, 11) is 3.20. The third kappa shape index (κ3) is 7.60. The maximum atomic E-state index is 13.0. The Hall–Kier alpha value is -3.30. The molecule has 2 aromatic carbocycles. The van der Waals surface area contributed by atoms with Gasteiger partial charge < -0.3 is 24.3 Å². The first-order valence-corrected chi connectivity index (χ1v) is 11.6. The molecule has 0 bridgehead atoms. The summed E-state index contributed by atoms with van der Waals surface area (Å²) < 4.78 is 21.7. The quantitative estimate of drug-likeness (QED) is 0.586. The molecule has 1 aliphatic heterocycles. The molecule has 2 amide bonds. The standard InChI is InChI=1S/C26H35N3O6/c1-26(2,3)35-25(31)28-20-8-6-7-19(15-20)24(30)27-17-21(29-11-13-34-14-12-29)18-9-10-22(32-4)23(16-18)33-5/h6-10,15-16,21H,11-14,17H2,1-5H3,(H,27,30)(H,28,31). The van der Waals surface area contributed by atoms with E-state index >= 15 is 0 Å². The van der Waals surface area contributed by atoms with Crippen molar-refractivity contribution in [2.75, 3.05) is 52.4 Å². The van der Waals surface area contributed by atoms with Gasteiger partial charge in [0.2, 0.25) is 0 Å². The molecule has 1 aliphatic rings. The van der Waals surface area contributed by atoms with E-state index < -0.39 is 11.7 Å².